The molecule has 1 unspecified atom stereocenters. The van der Waals surface area contributed by atoms with Gasteiger partial charge in [-0.15, -0.1) is 0 Å². The molecule has 1 aliphatic rings. The lowest BCUT2D eigenvalue weighted by atomic mass is 10.0. The molecule has 3 rings (SSSR count). The molecule has 3 heteroatoms. The molecule has 0 amide bonds. The van der Waals surface area contributed by atoms with Crippen molar-refractivity contribution in [3.05, 3.63) is 65.7 Å². The molecule has 0 fully saturated rings. The van der Waals surface area contributed by atoms with Gasteiger partial charge < -0.3 is 14.9 Å². The maximum absolute atomic E-state index is 9.30. The van der Waals surface area contributed by atoms with E-state index in [9.17, 15) is 5.11 Å². The highest BCUT2D eigenvalue weighted by Gasteiger charge is 2.28. The van der Waals surface area contributed by atoms with Gasteiger partial charge in [-0.2, -0.15) is 0 Å². The molecule has 0 aromatic heterocycles. The van der Waals surface area contributed by atoms with E-state index in [-0.39, 0.29) is 0 Å². The predicted octanol–water partition coefficient (Wildman–Crippen LogP) is 5.70. The van der Waals surface area contributed by atoms with E-state index in [4.69, 9.17) is 0 Å². The summed E-state index contributed by atoms with van der Waals surface area (Å²) < 4.78 is 0. The highest BCUT2D eigenvalue weighted by Crippen LogP contribution is 2.30. The van der Waals surface area contributed by atoms with Crippen LogP contribution in [0.25, 0.3) is 0 Å². The van der Waals surface area contributed by atoms with E-state index in [0.29, 0.717) is 18.7 Å². The number of rotatable bonds is 14. The van der Waals surface area contributed by atoms with Crippen LogP contribution in [0.3, 0.4) is 0 Å². The minimum atomic E-state index is 0.310. The van der Waals surface area contributed by atoms with Crippen molar-refractivity contribution in [3.8, 4) is 0 Å². The van der Waals surface area contributed by atoms with Crippen molar-refractivity contribution >= 4 is 5.69 Å². The second kappa shape index (κ2) is 12.9. The predicted molar refractivity (Wildman–Crippen MR) is 133 cm³/mol. The first kappa shape index (κ1) is 23.8. The minimum Gasteiger partial charge on any atom is -0.396 e. The number of hydrogen-bond donors (Lipinski definition) is 1. The molecule has 1 N–H and O–H groups in total. The Morgan fingerprint density at radius 2 is 1.42 bits per heavy atom. The first-order chi connectivity index (χ1) is 15.3. The standard InChI is InChI=1S/C28H42N2O/c1-3-18-29(19-4-2)26(14-10-11-21-31)17-20-30(27-15-6-5-7-16-27)28-22-24-12-8-9-13-25(24)23-28/h5-9,12-13,15-16,26,28,31H,3-4,10-11,14,17-23H2,1-2H3. The van der Waals surface area contributed by atoms with Crippen molar-refractivity contribution in [1.29, 1.82) is 0 Å². The van der Waals surface area contributed by atoms with Gasteiger partial charge in [0.25, 0.3) is 0 Å². The molecule has 2 aromatic carbocycles. The van der Waals surface area contributed by atoms with Crippen LogP contribution >= 0.6 is 0 Å². The summed E-state index contributed by atoms with van der Waals surface area (Å²) in [6.07, 6.45) is 9.12. The number of nitrogens with zero attached hydrogens (tertiary/aromatic N) is 2. The number of unbranched alkanes of at least 4 members (excludes halogenated alkanes) is 1. The number of aliphatic hydroxyl groups excluding tert-OH is 1. The number of benzene rings is 2. The van der Waals surface area contributed by atoms with Gasteiger partial charge >= 0.3 is 0 Å². The van der Waals surface area contributed by atoms with Gasteiger partial charge in [0.05, 0.1) is 0 Å². The van der Waals surface area contributed by atoms with Crippen LogP contribution in [0.2, 0.25) is 0 Å². The SMILES string of the molecule is CCCN(CCC)C(CCCCO)CCN(c1ccccc1)C1Cc2ccccc2C1. The fourth-order valence-electron chi connectivity index (χ4n) is 5.24. The molecule has 0 aliphatic heterocycles. The maximum atomic E-state index is 9.30. The summed E-state index contributed by atoms with van der Waals surface area (Å²) in [5, 5.41) is 9.30. The van der Waals surface area contributed by atoms with Gasteiger partial charge in [0.1, 0.15) is 0 Å². The maximum Gasteiger partial charge on any atom is 0.0431 e. The van der Waals surface area contributed by atoms with E-state index in [2.05, 4.69) is 78.2 Å². The van der Waals surface area contributed by atoms with Crippen LogP contribution in [0.1, 0.15) is 63.5 Å². The van der Waals surface area contributed by atoms with Gasteiger partial charge in [-0.05, 0) is 87.7 Å². The third-order valence-electron chi connectivity index (χ3n) is 6.74. The summed E-state index contributed by atoms with van der Waals surface area (Å²) in [4.78, 5) is 5.39. The first-order valence-corrected chi connectivity index (χ1v) is 12.5. The van der Waals surface area contributed by atoms with E-state index in [0.717, 1.165) is 32.2 Å². The number of aliphatic hydroxyl groups is 1. The average Bonchev–Trinajstić information content (AvgIpc) is 3.22. The lowest BCUT2D eigenvalue weighted by molar-refractivity contribution is 0.171. The van der Waals surface area contributed by atoms with Crippen molar-refractivity contribution in [3.63, 3.8) is 0 Å². The molecule has 0 saturated heterocycles. The van der Waals surface area contributed by atoms with E-state index >= 15 is 0 Å². The molecule has 170 valence electrons. The lowest BCUT2D eigenvalue weighted by Gasteiger charge is -2.36. The van der Waals surface area contributed by atoms with E-state index in [1.54, 1.807) is 0 Å². The van der Waals surface area contributed by atoms with Gasteiger partial charge in [0.15, 0.2) is 0 Å². The van der Waals surface area contributed by atoms with Gasteiger partial charge in [0.2, 0.25) is 0 Å². The topological polar surface area (TPSA) is 26.7 Å². The third-order valence-corrected chi connectivity index (χ3v) is 6.74. The van der Waals surface area contributed by atoms with Crippen LogP contribution in [-0.2, 0) is 12.8 Å². The summed E-state index contributed by atoms with van der Waals surface area (Å²) in [6, 6.07) is 21.1. The smallest absolute Gasteiger partial charge is 0.0431 e. The quantitative estimate of drug-likeness (QED) is 0.395. The molecule has 3 nitrogen and oxygen atoms in total. The van der Waals surface area contributed by atoms with Crippen LogP contribution in [-0.4, -0.2) is 48.3 Å². The fraction of sp³-hybridized carbons (Fsp3) is 0.571. The third kappa shape index (κ3) is 6.82. The van der Waals surface area contributed by atoms with Crippen molar-refractivity contribution < 1.29 is 5.11 Å². The molecule has 31 heavy (non-hydrogen) atoms. The molecule has 1 atom stereocenters. The average molecular weight is 423 g/mol. The summed E-state index contributed by atoms with van der Waals surface area (Å²) in [7, 11) is 0. The Balaban J connectivity index is 1.74. The second-order valence-corrected chi connectivity index (χ2v) is 9.06. The number of para-hydroxylation sites is 1. The Labute approximate surface area is 190 Å². The van der Waals surface area contributed by atoms with Crippen LogP contribution < -0.4 is 4.90 Å². The zero-order valence-corrected chi connectivity index (χ0v) is 19.7. The monoisotopic (exact) mass is 422 g/mol. The summed E-state index contributed by atoms with van der Waals surface area (Å²) in [5.41, 5.74) is 4.39. The first-order valence-electron chi connectivity index (χ1n) is 12.5. The van der Waals surface area contributed by atoms with Gasteiger partial charge in [-0.3, -0.25) is 0 Å². The Bertz CT molecular complexity index is 717. The molecule has 0 heterocycles. The van der Waals surface area contributed by atoms with E-state index in [1.807, 2.05) is 0 Å². The van der Waals surface area contributed by atoms with Crippen LogP contribution in [0.15, 0.2) is 54.6 Å². The van der Waals surface area contributed by atoms with Crippen LogP contribution in [0, 0.1) is 0 Å². The summed E-state index contributed by atoms with van der Waals surface area (Å²) >= 11 is 0. The highest BCUT2D eigenvalue weighted by molar-refractivity contribution is 5.49. The van der Waals surface area contributed by atoms with Gasteiger partial charge in [0, 0.05) is 30.9 Å². The molecule has 0 radical (unpaired) electrons. The molecular weight excluding hydrogens is 380 g/mol. The molecule has 0 saturated carbocycles. The van der Waals surface area contributed by atoms with Gasteiger partial charge in [-0.25, -0.2) is 0 Å². The Morgan fingerprint density at radius 1 is 0.806 bits per heavy atom. The minimum absolute atomic E-state index is 0.310. The largest absolute Gasteiger partial charge is 0.396 e. The molecule has 0 spiro atoms. The van der Waals surface area contributed by atoms with Crippen molar-refractivity contribution in [2.45, 2.75) is 77.3 Å². The van der Waals surface area contributed by atoms with Gasteiger partial charge in [-0.1, -0.05) is 56.3 Å². The number of anilines is 1. The highest BCUT2D eigenvalue weighted by atomic mass is 16.2. The molecular formula is C28H42N2O. The van der Waals surface area contributed by atoms with E-state index < -0.39 is 0 Å². The van der Waals surface area contributed by atoms with Crippen LogP contribution in [0.5, 0.6) is 0 Å². The molecule has 1 aliphatic carbocycles. The van der Waals surface area contributed by atoms with E-state index in [1.165, 1.54) is 55.6 Å². The Kier molecular flexibility index (Phi) is 9.89. The lowest BCUT2D eigenvalue weighted by Crippen LogP contribution is -2.42. The fourth-order valence-corrected chi connectivity index (χ4v) is 5.24. The van der Waals surface area contributed by atoms with Crippen molar-refractivity contribution in [2.24, 2.45) is 0 Å². The molecule has 0 bridgehead atoms. The summed E-state index contributed by atoms with van der Waals surface area (Å²) in [6.45, 7) is 8.34. The van der Waals surface area contributed by atoms with Crippen molar-refractivity contribution in [1.82, 2.24) is 4.90 Å². The summed E-state index contributed by atoms with van der Waals surface area (Å²) in [5.74, 6) is 0. The second-order valence-electron chi connectivity index (χ2n) is 9.06. The molecule has 2 aromatic rings. The zero-order chi connectivity index (χ0) is 21.9. The Hall–Kier alpha value is -1.84. The number of hydrogen-bond acceptors (Lipinski definition) is 3. The normalized spacial score (nSPS) is 14.7. The number of fused-ring (bicyclic) bond motifs is 1. The van der Waals surface area contributed by atoms with Crippen LogP contribution in [0.4, 0.5) is 5.69 Å². The Morgan fingerprint density at radius 3 is 2.00 bits per heavy atom. The van der Waals surface area contributed by atoms with Crippen molar-refractivity contribution in [2.75, 3.05) is 31.1 Å². The zero-order valence-electron chi connectivity index (χ0n) is 19.7.